The molecule has 6 nitrogen and oxygen atoms in total. The summed E-state index contributed by atoms with van der Waals surface area (Å²) in [5.74, 6) is 0. The van der Waals surface area contributed by atoms with Crippen molar-refractivity contribution in [1.29, 1.82) is 0 Å². The Hall–Kier alpha value is -1.31. The summed E-state index contributed by atoms with van der Waals surface area (Å²) in [6.45, 7) is 13.6. The highest BCUT2D eigenvalue weighted by atomic mass is 32.2. The van der Waals surface area contributed by atoms with Crippen LogP contribution < -0.4 is 14.9 Å². The molecule has 0 aromatic heterocycles. The minimum absolute atomic E-state index is 0.0176. The van der Waals surface area contributed by atoms with Crippen LogP contribution in [0.3, 0.4) is 0 Å². The van der Waals surface area contributed by atoms with E-state index in [2.05, 4.69) is 53.1 Å². The Balaban J connectivity index is 1.69. The fourth-order valence-electron chi connectivity index (χ4n) is 3.62. The number of sulfonamides is 1. The topological polar surface area (TPSA) is 70.7 Å². The SMILES string of the molecule is CCC1(CC)CN(c2ccc(NCCCCCNS(=O)(=O)C(C)(C)C)cc2)CCO1. The van der Waals surface area contributed by atoms with Crippen molar-refractivity contribution >= 4 is 21.4 Å². The Morgan fingerprint density at radius 2 is 1.67 bits per heavy atom. The summed E-state index contributed by atoms with van der Waals surface area (Å²) in [6, 6.07) is 8.65. The van der Waals surface area contributed by atoms with Crippen molar-refractivity contribution in [3.63, 3.8) is 0 Å². The standard InChI is InChI=1S/C23H41N3O3S/c1-6-23(7-2)19-26(17-18-29-23)21-13-11-20(12-14-21)24-15-9-8-10-16-25-30(27,28)22(3,4)5/h11-14,24-25H,6-10,15-19H2,1-5H3. The van der Waals surface area contributed by atoms with Crippen molar-refractivity contribution in [2.45, 2.75) is 77.1 Å². The average Bonchev–Trinajstić information content (AvgIpc) is 2.72. The first kappa shape index (κ1) is 25.0. The lowest BCUT2D eigenvalue weighted by Crippen LogP contribution is -2.51. The maximum absolute atomic E-state index is 12.0. The van der Waals surface area contributed by atoms with Gasteiger partial charge in [0.1, 0.15) is 0 Å². The molecule has 2 rings (SSSR count). The molecule has 1 saturated heterocycles. The smallest absolute Gasteiger partial charge is 0.216 e. The van der Waals surface area contributed by atoms with Crippen molar-refractivity contribution in [2.24, 2.45) is 0 Å². The highest BCUT2D eigenvalue weighted by Gasteiger charge is 2.33. The van der Waals surface area contributed by atoms with Crippen LogP contribution in [0.25, 0.3) is 0 Å². The summed E-state index contributed by atoms with van der Waals surface area (Å²) < 4.78 is 32.0. The van der Waals surface area contributed by atoms with Crippen LogP contribution in [0.15, 0.2) is 24.3 Å². The van der Waals surface area contributed by atoms with E-state index in [1.165, 1.54) is 5.69 Å². The Labute approximate surface area is 183 Å². The molecule has 0 amide bonds. The number of anilines is 2. The van der Waals surface area contributed by atoms with Crippen molar-refractivity contribution in [3.8, 4) is 0 Å². The van der Waals surface area contributed by atoms with E-state index in [4.69, 9.17) is 4.74 Å². The maximum atomic E-state index is 12.0. The number of hydrogen-bond acceptors (Lipinski definition) is 5. The molecule has 0 spiro atoms. The third kappa shape index (κ3) is 6.86. The van der Waals surface area contributed by atoms with Crippen molar-refractivity contribution in [1.82, 2.24) is 4.72 Å². The molecule has 2 N–H and O–H groups in total. The predicted octanol–water partition coefficient (Wildman–Crippen LogP) is 4.38. The number of morpholine rings is 1. The van der Waals surface area contributed by atoms with Gasteiger partial charge in [0, 0.05) is 37.6 Å². The summed E-state index contributed by atoms with van der Waals surface area (Å²) in [5.41, 5.74) is 2.36. The molecule has 172 valence electrons. The molecule has 1 fully saturated rings. The quantitative estimate of drug-likeness (QED) is 0.501. The predicted molar refractivity (Wildman–Crippen MR) is 127 cm³/mol. The second-order valence-electron chi connectivity index (χ2n) is 9.20. The molecule has 30 heavy (non-hydrogen) atoms. The maximum Gasteiger partial charge on any atom is 0.216 e. The monoisotopic (exact) mass is 439 g/mol. The molecule has 0 atom stereocenters. The Morgan fingerprint density at radius 3 is 2.27 bits per heavy atom. The highest BCUT2D eigenvalue weighted by molar-refractivity contribution is 7.90. The van der Waals surface area contributed by atoms with Gasteiger partial charge in [-0.25, -0.2) is 13.1 Å². The van der Waals surface area contributed by atoms with Crippen molar-refractivity contribution in [3.05, 3.63) is 24.3 Å². The van der Waals surface area contributed by atoms with Gasteiger partial charge < -0.3 is 15.0 Å². The molecule has 0 aliphatic carbocycles. The molecule has 7 heteroatoms. The van der Waals surface area contributed by atoms with Crippen molar-refractivity contribution in [2.75, 3.05) is 43.0 Å². The molecule has 0 unspecified atom stereocenters. The first-order valence-corrected chi connectivity index (χ1v) is 12.8. The Morgan fingerprint density at radius 1 is 1.03 bits per heavy atom. The number of nitrogens with one attached hydrogen (secondary N) is 2. The lowest BCUT2D eigenvalue weighted by Gasteiger charge is -2.43. The van der Waals surface area contributed by atoms with Crippen LogP contribution in [0, 0.1) is 0 Å². The zero-order chi connectivity index (χ0) is 22.3. The fourth-order valence-corrected chi connectivity index (χ4v) is 4.46. The van der Waals surface area contributed by atoms with E-state index in [1.807, 2.05) is 0 Å². The zero-order valence-corrected chi connectivity index (χ0v) is 20.3. The lowest BCUT2D eigenvalue weighted by molar-refractivity contribution is -0.0604. The van der Waals surface area contributed by atoms with Gasteiger partial charge in [0.2, 0.25) is 10.0 Å². The minimum atomic E-state index is -3.24. The van der Waals surface area contributed by atoms with E-state index in [1.54, 1.807) is 20.8 Å². The highest BCUT2D eigenvalue weighted by Crippen LogP contribution is 2.29. The summed E-state index contributed by atoms with van der Waals surface area (Å²) in [4.78, 5) is 2.43. The van der Waals surface area contributed by atoms with Crippen LogP contribution in [0.5, 0.6) is 0 Å². The van der Waals surface area contributed by atoms with E-state index in [0.29, 0.717) is 6.54 Å². The minimum Gasteiger partial charge on any atom is -0.385 e. The van der Waals surface area contributed by atoms with E-state index in [-0.39, 0.29) is 5.60 Å². The largest absolute Gasteiger partial charge is 0.385 e. The zero-order valence-electron chi connectivity index (χ0n) is 19.5. The number of ether oxygens (including phenoxy) is 1. The van der Waals surface area contributed by atoms with E-state index in [0.717, 1.165) is 64.0 Å². The average molecular weight is 440 g/mol. The van der Waals surface area contributed by atoms with E-state index >= 15 is 0 Å². The molecule has 1 aliphatic rings. The van der Waals surface area contributed by atoms with Gasteiger partial charge in [-0.3, -0.25) is 0 Å². The molecule has 1 aliphatic heterocycles. The van der Waals surface area contributed by atoms with Gasteiger partial charge >= 0.3 is 0 Å². The molecule has 0 bridgehead atoms. The molecule has 1 aromatic rings. The molecule has 0 saturated carbocycles. The lowest BCUT2D eigenvalue weighted by atomic mass is 9.94. The summed E-state index contributed by atoms with van der Waals surface area (Å²) in [7, 11) is -3.24. The van der Waals surface area contributed by atoms with Gasteiger partial charge in [-0.2, -0.15) is 0 Å². The third-order valence-electron chi connectivity index (χ3n) is 6.05. The molecule has 0 radical (unpaired) electrons. The van der Waals surface area contributed by atoms with Gasteiger partial charge in [-0.15, -0.1) is 0 Å². The van der Waals surface area contributed by atoms with Gasteiger partial charge in [0.05, 0.1) is 17.0 Å². The summed E-state index contributed by atoms with van der Waals surface area (Å²) in [6.07, 6.45) is 4.93. The van der Waals surface area contributed by atoms with Crippen LogP contribution in [-0.4, -0.2) is 51.6 Å². The number of hydrogen-bond donors (Lipinski definition) is 2. The number of unbranched alkanes of at least 4 members (excludes halogenated alkanes) is 2. The van der Waals surface area contributed by atoms with Gasteiger partial charge in [-0.05, 0) is 70.7 Å². The van der Waals surface area contributed by atoms with Gasteiger partial charge in [0.15, 0.2) is 0 Å². The first-order valence-electron chi connectivity index (χ1n) is 11.3. The van der Waals surface area contributed by atoms with Crippen LogP contribution in [0.2, 0.25) is 0 Å². The molecular weight excluding hydrogens is 398 g/mol. The molecular formula is C23H41N3O3S. The van der Waals surface area contributed by atoms with Crippen LogP contribution in [-0.2, 0) is 14.8 Å². The first-order chi connectivity index (χ1) is 14.1. The van der Waals surface area contributed by atoms with Crippen molar-refractivity contribution < 1.29 is 13.2 Å². The Bertz CT molecular complexity index is 738. The fraction of sp³-hybridized carbons (Fsp3) is 0.739. The van der Waals surface area contributed by atoms with Gasteiger partial charge in [-0.1, -0.05) is 20.3 Å². The van der Waals surface area contributed by atoms with E-state index in [9.17, 15) is 8.42 Å². The molecule has 1 aromatic carbocycles. The number of rotatable bonds is 11. The van der Waals surface area contributed by atoms with Crippen LogP contribution in [0.1, 0.15) is 66.7 Å². The second kappa shape index (κ2) is 10.8. The van der Waals surface area contributed by atoms with E-state index < -0.39 is 14.8 Å². The third-order valence-corrected chi connectivity index (χ3v) is 8.25. The van der Waals surface area contributed by atoms with Crippen LogP contribution >= 0.6 is 0 Å². The second-order valence-corrected chi connectivity index (χ2v) is 11.7. The van der Waals surface area contributed by atoms with Gasteiger partial charge in [0.25, 0.3) is 0 Å². The molecule has 1 heterocycles. The van der Waals surface area contributed by atoms with Crippen LogP contribution in [0.4, 0.5) is 11.4 Å². The number of benzene rings is 1. The number of nitrogens with zero attached hydrogens (tertiary/aromatic N) is 1. The summed E-state index contributed by atoms with van der Waals surface area (Å²) in [5, 5.41) is 3.46. The normalized spacial score (nSPS) is 17.2. The Kier molecular flexibility index (Phi) is 9.00. The summed E-state index contributed by atoms with van der Waals surface area (Å²) >= 11 is 0.